The molecule has 3 aromatic rings. The highest BCUT2D eigenvalue weighted by atomic mass is 35.5. The minimum absolute atomic E-state index is 0.0166. The Labute approximate surface area is 176 Å². The van der Waals surface area contributed by atoms with Crippen LogP contribution in [0.2, 0.25) is 10.0 Å². The fourth-order valence-corrected chi connectivity index (χ4v) is 3.50. The number of benzene rings is 2. The molecular formula is C20H15Cl2FN6. The van der Waals surface area contributed by atoms with Crippen LogP contribution < -0.4 is 16.0 Å². The molecule has 0 bridgehead atoms. The van der Waals surface area contributed by atoms with Gasteiger partial charge < -0.3 is 16.0 Å². The van der Waals surface area contributed by atoms with Crippen LogP contribution in [-0.2, 0) is 0 Å². The highest BCUT2D eigenvalue weighted by molar-refractivity contribution is 6.36. The van der Waals surface area contributed by atoms with Crippen LogP contribution in [0.3, 0.4) is 0 Å². The van der Waals surface area contributed by atoms with Gasteiger partial charge in [0, 0.05) is 29.5 Å². The van der Waals surface area contributed by atoms with E-state index < -0.39 is 5.82 Å². The number of nitriles is 1. The van der Waals surface area contributed by atoms with Crippen LogP contribution in [0.25, 0.3) is 10.9 Å². The Bertz CT molecular complexity index is 1170. The molecule has 2 heterocycles. The van der Waals surface area contributed by atoms with Crippen molar-refractivity contribution in [2.45, 2.75) is 0 Å². The van der Waals surface area contributed by atoms with Crippen LogP contribution in [0.5, 0.6) is 0 Å². The van der Waals surface area contributed by atoms with E-state index in [0.717, 1.165) is 24.6 Å². The summed E-state index contributed by atoms with van der Waals surface area (Å²) in [4.78, 5) is 8.67. The first-order chi connectivity index (χ1) is 14.0. The number of hydrogen-bond acceptors (Lipinski definition) is 6. The number of nitrogens with one attached hydrogen (secondary N) is 3. The van der Waals surface area contributed by atoms with Crippen molar-refractivity contribution in [3.8, 4) is 6.07 Å². The van der Waals surface area contributed by atoms with Crippen LogP contribution >= 0.6 is 23.2 Å². The zero-order valence-corrected chi connectivity index (χ0v) is 16.6. The molecule has 0 radical (unpaired) electrons. The topological polar surface area (TPSA) is 85.1 Å². The number of halogens is 3. The maximum Gasteiger partial charge on any atom is 0.141 e. The number of aromatic nitrogens is 1. The molecule has 0 atom stereocenters. The Balaban J connectivity index is 1.75. The van der Waals surface area contributed by atoms with Gasteiger partial charge in [-0.15, -0.1) is 0 Å². The van der Waals surface area contributed by atoms with Crippen molar-refractivity contribution in [2.75, 3.05) is 30.3 Å². The van der Waals surface area contributed by atoms with Gasteiger partial charge in [0.1, 0.15) is 17.7 Å². The molecule has 0 saturated carbocycles. The number of fused-ring (bicyclic) bond motifs is 1. The van der Waals surface area contributed by atoms with E-state index in [4.69, 9.17) is 23.2 Å². The lowest BCUT2D eigenvalue weighted by molar-refractivity contribution is 0.628. The summed E-state index contributed by atoms with van der Waals surface area (Å²) in [5.41, 5.74) is 2.69. The number of rotatable bonds is 5. The molecule has 2 aromatic carbocycles. The van der Waals surface area contributed by atoms with Gasteiger partial charge in [-0.1, -0.05) is 23.2 Å². The molecule has 4 rings (SSSR count). The van der Waals surface area contributed by atoms with E-state index in [0.29, 0.717) is 39.4 Å². The molecule has 29 heavy (non-hydrogen) atoms. The normalized spacial score (nSPS) is 13.0. The zero-order valence-electron chi connectivity index (χ0n) is 15.1. The maximum atomic E-state index is 13.5. The molecule has 3 N–H and O–H groups in total. The van der Waals surface area contributed by atoms with E-state index >= 15 is 0 Å². The standard InChI is InChI=1S/C20H15Cl2FN6/c21-15-6-12(1-2-17(15)23)29-19-11(8-24)9-28-20-14(19)5-13(7-16(20)22)27-10-18-25-3-4-26-18/h1-2,5-7,9,27H,3-4,10H2,(H,25,26)(H,28,29). The number of nitrogens with zero attached hydrogens (tertiary/aromatic N) is 3. The second-order valence-electron chi connectivity index (χ2n) is 6.38. The van der Waals surface area contributed by atoms with Gasteiger partial charge in [0.15, 0.2) is 0 Å². The first-order valence-electron chi connectivity index (χ1n) is 8.80. The predicted octanol–water partition coefficient (Wildman–Crippen LogP) is 4.71. The molecule has 0 amide bonds. The fourth-order valence-electron chi connectivity index (χ4n) is 3.05. The number of amidine groups is 1. The van der Waals surface area contributed by atoms with Gasteiger partial charge in [-0.2, -0.15) is 5.26 Å². The maximum absolute atomic E-state index is 13.5. The molecule has 146 valence electrons. The van der Waals surface area contributed by atoms with Gasteiger partial charge in [-0.25, -0.2) is 4.39 Å². The van der Waals surface area contributed by atoms with E-state index in [9.17, 15) is 9.65 Å². The molecule has 0 unspecified atom stereocenters. The average molecular weight is 429 g/mol. The Hall–Kier alpha value is -3.08. The van der Waals surface area contributed by atoms with Crippen LogP contribution in [0.15, 0.2) is 41.5 Å². The lowest BCUT2D eigenvalue weighted by Crippen LogP contribution is -2.26. The summed E-state index contributed by atoms with van der Waals surface area (Å²) < 4.78 is 13.5. The van der Waals surface area contributed by atoms with Crippen LogP contribution in [0, 0.1) is 17.1 Å². The smallest absolute Gasteiger partial charge is 0.141 e. The third-order valence-corrected chi connectivity index (χ3v) is 5.02. The van der Waals surface area contributed by atoms with Crippen LogP contribution in [0.4, 0.5) is 21.5 Å². The molecule has 1 aliphatic heterocycles. The summed E-state index contributed by atoms with van der Waals surface area (Å²) in [5.74, 6) is 0.361. The monoisotopic (exact) mass is 428 g/mol. The van der Waals surface area contributed by atoms with Crippen molar-refractivity contribution in [2.24, 2.45) is 4.99 Å². The van der Waals surface area contributed by atoms with Crippen molar-refractivity contribution < 1.29 is 4.39 Å². The van der Waals surface area contributed by atoms with Gasteiger partial charge in [0.05, 0.1) is 39.9 Å². The van der Waals surface area contributed by atoms with Crippen LogP contribution in [0.1, 0.15) is 5.56 Å². The third kappa shape index (κ3) is 4.04. The lowest BCUT2D eigenvalue weighted by atomic mass is 10.1. The first-order valence-corrected chi connectivity index (χ1v) is 9.56. The minimum atomic E-state index is -0.518. The fraction of sp³-hybridized carbons (Fsp3) is 0.150. The summed E-state index contributed by atoms with van der Waals surface area (Å²) in [6.45, 7) is 2.13. The Morgan fingerprint density at radius 3 is 2.72 bits per heavy atom. The molecule has 1 aliphatic rings. The van der Waals surface area contributed by atoms with Gasteiger partial charge in [0.25, 0.3) is 0 Å². The van der Waals surface area contributed by atoms with Gasteiger partial charge in [0.2, 0.25) is 0 Å². The molecule has 0 spiro atoms. The average Bonchev–Trinajstić information content (AvgIpc) is 3.23. The van der Waals surface area contributed by atoms with Crippen molar-refractivity contribution in [1.82, 2.24) is 10.3 Å². The number of aliphatic imine (C=N–C) groups is 1. The number of anilines is 3. The quantitative estimate of drug-likeness (QED) is 0.547. The molecule has 6 nitrogen and oxygen atoms in total. The van der Waals surface area contributed by atoms with E-state index in [-0.39, 0.29) is 5.02 Å². The minimum Gasteiger partial charge on any atom is -0.378 e. The predicted molar refractivity (Wildman–Crippen MR) is 115 cm³/mol. The van der Waals surface area contributed by atoms with Crippen molar-refractivity contribution in [1.29, 1.82) is 5.26 Å². The van der Waals surface area contributed by atoms with E-state index in [1.54, 1.807) is 12.1 Å². The molecule has 0 fully saturated rings. The first kappa shape index (κ1) is 19.2. The van der Waals surface area contributed by atoms with Gasteiger partial charge in [-0.05, 0) is 30.3 Å². The van der Waals surface area contributed by atoms with Crippen molar-refractivity contribution in [3.05, 3.63) is 58.0 Å². The molecule has 0 saturated heterocycles. The zero-order chi connectivity index (χ0) is 20.4. The van der Waals surface area contributed by atoms with Gasteiger partial charge >= 0.3 is 0 Å². The SMILES string of the molecule is N#Cc1cnc2c(Cl)cc(NCC3=NCCN3)cc2c1Nc1ccc(F)c(Cl)c1. The Kier molecular flexibility index (Phi) is 5.38. The Morgan fingerprint density at radius 1 is 1.17 bits per heavy atom. The summed E-state index contributed by atoms with van der Waals surface area (Å²) in [6.07, 6.45) is 1.45. The summed E-state index contributed by atoms with van der Waals surface area (Å²) in [5, 5.41) is 20.3. The van der Waals surface area contributed by atoms with E-state index in [1.807, 2.05) is 6.07 Å². The number of pyridine rings is 1. The second kappa shape index (κ2) is 8.11. The third-order valence-electron chi connectivity index (χ3n) is 4.44. The van der Waals surface area contributed by atoms with Crippen molar-refractivity contribution >= 4 is 57.0 Å². The summed E-state index contributed by atoms with van der Waals surface area (Å²) >= 11 is 12.3. The molecule has 9 heteroatoms. The highest BCUT2D eigenvalue weighted by Crippen LogP contribution is 2.35. The summed E-state index contributed by atoms with van der Waals surface area (Å²) in [7, 11) is 0. The molecule has 1 aromatic heterocycles. The van der Waals surface area contributed by atoms with Crippen molar-refractivity contribution in [3.63, 3.8) is 0 Å². The molecular weight excluding hydrogens is 414 g/mol. The van der Waals surface area contributed by atoms with E-state index in [1.165, 1.54) is 18.3 Å². The largest absolute Gasteiger partial charge is 0.378 e. The van der Waals surface area contributed by atoms with Crippen LogP contribution in [-0.4, -0.2) is 30.5 Å². The second-order valence-corrected chi connectivity index (χ2v) is 7.19. The van der Waals surface area contributed by atoms with Gasteiger partial charge in [-0.3, -0.25) is 9.98 Å². The Morgan fingerprint density at radius 2 is 2.00 bits per heavy atom. The highest BCUT2D eigenvalue weighted by Gasteiger charge is 2.14. The van der Waals surface area contributed by atoms with E-state index in [2.05, 4.69) is 32.0 Å². The summed E-state index contributed by atoms with van der Waals surface area (Å²) in [6, 6.07) is 10.0. The molecule has 0 aliphatic carbocycles. The lowest BCUT2D eigenvalue weighted by Gasteiger charge is -2.15. The number of hydrogen-bond donors (Lipinski definition) is 3.